The van der Waals surface area contributed by atoms with Crippen LogP contribution in [0, 0.1) is 6.07 Å². The van der Waals surface area contributed by atoms with Crippen LogP contribution in [0.5, 0.6) is 5.75 Å². The van der Waals surface area contributed by atoms with E-state index in [2.05, 4.69) is 43.1 Å². The molecule has 114 valence electrons. The lowest BCUT2D eigenvalue weighted by molar-refractivity contribution is 0.393. The highest BCUT2D eigenvalue weighted by Gasteiger charge is 2.37. The molecule has 3 nitrogen and oxygen atoms in total. The molecule has 1 aliphatic rings. The van der Waals surface area contributed by atoms with E-state index in [1.54, 1.807) is 7.11 Å². The summed E-state index contributed by atoms with van der Waals surface area (Å²) in [5.74, 6) is 0.874. The van der Waals surface area contributed by atoms with Gasteiger partial charge in [0.1, 0.15) is 5.75 Å². The van der Waals surface area contributed by atoms with Gasteiger partial charge in [-0.25, -0.2) is 0 Å². The van der Waals surface area contributed by atoms with Crippen LogP contribution in [0.3, 0.4) is 0 Å². The summed E-state index contributed by atoms with van der Waals surface area (Å²) in [6, 6.07) is 11.5. The zero-order chi connectivity index (χ0) is 15.3. The summed E-state index contributed by atoms with van der Waals surface area (Å²) >= 11 is 0. The summed E-state index contributed by atoms with van der Waals surface area (Å²) < 4.78 is 5.31. The van der Waals surface area contributed by atoms with Crippen LogP contribution < -0.4 is 10.1 Å². The Kier molecular flexibility index (Phi) is 4.77. The van der Waals surface area contributed by atoms with Crippen molar-refractivity contribution in [3.8, 4) is 11.8 Å². The van der Waals surface area contributed by atoms with E-state index in [1.807, 2.05) is 18.2 Å². The minimum absolute atomic E-state index is 0.0828. The number of methoxy groups -OCH3 is 1. The summed E-state index contributed by atoms with van der Waals surface area (Å²) in [6.45, 7) is 6.34. The van der Waals surface area contributed by atoms with Crippen molar-refractivity contribution in [1.29, 1.82) is 0 Å². The van der Waals surface area contributed by atoms with Gasteiger partial charge < -0.3 is 10.1 Å². The van der Waals surface area contributed by atoms with E-state index in [1.165, 1.54) is 19.3 Å². The minimum Gasteiger partial charge on any atom is -0.497 e. The molecule has 0 amide bonds. The average Bonchev–Trinajstić information content (AvgIpc) is 2.46. The summed E-state index contributed by atoms with van der Waals surface area (Å²) in [6.07, 6.45) is 5.93. The second-order valence-corrected chi connectivity index (χ2v) is 6.89. The van der Waals surface area contributed by atoms with Crippen molar-refractivity contribution < 1.29 is 4.74 Å². The molecular formula is C18H27N2O+. The highest BCUT2D eigenvalue weighted by atomic mass is 16.5. The van der Waals surface area contributed by atoms with Gasteiger partial charge in [0, 0.05) is 32.5 Å². The summed E-state index contributed by atoms with van der Waals surface area (Å²) in [5.41, 5.74) is 0.853. The van der Waals surface area contributed by atoms with Crippen LogP contribution in [0.25, 0.3) is 4.85 Å². The number of anilines is 1. The summed E-state index contributed by atoms with van der Waals surface area (Å²) in [4.78, 5) is 4.65. The number of nitrogens with one attached hydrogen (secondary N) is 1. The Morgan fingerprint density at radius 3 is 2.52 bits per heavy atom. The highest BCUT2D eigenvalue weighted by molar-refractivity contribution is 5.52. The Hall–Kier alpha value is -1.69. The molecule has 1 aromatic carbocycles. The number of hydrogen-bond acceptors (Lipinski definition) is 2. The molecule has 0 aliphatic heterocycles. The molecular weight excluding hydrogens is 260 g/mol. The van der Waals surface area contributed by atoms with Crippen molar-refractivity contribution in [3.63, 3.8) is 0 Å². The molecule has 3 heteroatoms. The van der Waals surface area contributed by atoms with Gasteiger partial charge in [-0.15, -0.1) is 0 Å². The second-order valence-electron chi connectivity index (χ2n) is 6.89. The van der Waals surface area contributed by atoms with Gasteiger partial charge in [-0.05, 0) is 37.8 Å². The van der Waals surface area contributed by atoms with Gasteiger partial charge in [0.15, 0.2) is 5.54 Å². The summed E-state index contributed by atoms with van der Waals surface area (Å²) in [5, 5.41) is 3.66. The van der Waals surface area contributed by atoms with Crippen LogP contribution in [0.1, 0.15) is 52.9 Å². The predicted molar refractivity (Wildman–Crippen MR) is 89.4 cm³/mol. The Labute approximate surface area is 128 Å². The second kappa shape index (κ2) is 6.39. The fraction of sp³-hybridized carbons (Fsp3) is 0.611. The van der Waals surface area contributed by atoms with Crippen molar-refractivity contribution in [2.75, 3.05) is 12.4 Å². The number of nitrogens with zero attached hydrogens (tertiary/aromatic N) is 1. The molecule has 0 aromatic heterocycles. The molecule has 1 fully saturated rings. The van der Waals surface area contributed by atoms with Crippen LogP contribution in [0.4, 0.5) is 5.69 Å². The van der Waals surface area contributed by atoms with E-state index in [9.17, 15) is 0 Å². The van der Waals surface area contributed by atoms with Crippen molar-refractivity contribution in [2.45, 2.75) is 64.0 Å². The summed E-state index contributed by atoms with van der Waals surface area (Å²) in [7, 11) is 1.70. The predicted octanol–water partition coefficient (Wildman–Crippen LogP) is 4.94. The van der Waals surface area contributed by atoms with Gasteiger partial charge in [0.2, 0.25) is 0 Å². The van der Waals surface area contributed by atoms with E-state index < -0.39 is 0 Å². The van der Waals surface area contributed by atoms with E-state index in [0.717, 1.165) is 24.3 Å². The molecule has 0 atom stereocenters. The molecule has 21 heavy (non-hydrogen) atoms. The smallest absolute Gasteiger partial charge is 0.302 e. The van der Waals surface area contributed by atoms with Crippen molar-refractivity contribution >= 4 is 5.69 Å². The van der Waals surface area contributed by atoms with E-state index in [-0.39, 0.29) is 11.1 Å². The standard InChI is InChI=1S/C18H27N2O/c1-17(2,3)19-14-18(11-6-5-7-12-18)20-15-9-8-10-16(13-15)21-4/h8-10,13,20H,5-7,11-12H2,1-4H3/q+1. The first kappa shape index (κ1) is 15.7. The van der Waals surface area contributed by atoms with E-state index in [0.29, 0.717) is 0 Å². The van der Waals surface area contributed by atoms with Crippen LogP contribution in [0.15, 0.2) is 24.3 Å². The molecule has 0 radical (unpaired) electrons. The highest BCUT2D eigenvalue weighted by Crippen LogP contribution is 2.32. The first-order chi connectivity index (χ1) is 9.92. The molecule has 1 aromatic rings. The maximum Gasteiger partial charge on any atom is 0.302 e. The molecule has 1 saturated carbocycles. The Balaban J connectivity index is 2.25. The number of hydrogen-bond donors (Lipinski definition) is 1. The van der Waals surface area contributed by atoms with Gasteiger partial charge in [-0.3, -0.25) is 0 Å². The normalized spacial score (nSPS) is 17.5. The lowest BCUT2D eigenvalue weighted by Crippen LogP contribution is -2.39. The lowest BCUT2D eigenvalue weighted by Gasteiger charge is -2.30. The molecule has 0 heterocycles. The monoisotopic (exact) mass is 287 g/mol. The largest absolute Gasteiger partial charge is 0.497 e. The van der Waals surface area contributed by atoms with Gasteiger partial charge in [0.05, 0.1) is 7.11 Å². The Morgan fingerprint density at radius 2 is 1.90 bits per heavy atom. The van der Waals surface area contributed by atoms with Crippen molar-refractivity contribution in [3.05, 3.63) is 29.1 Å². The fourth-order valence-electron chi connectivity index (χ4n) is 2.67. The van der Waals surface area contributed by atoms with Crippen molar-refractivity contribution in [2.24, 2.45) is 0 Å². The first-order valence-electron chi connectivity index (χ1n) is 7.84. The van der Waals surface area contributed by atoms with Gasteiger partial charge in [0.25, 0.3) is 5.54 Å². The van der Waals surface area contributed by atoms with E-state index in [4.69, 9.17) is 4.74 Å². The van der Waals surface area contributed by atoms with Gasteiger partial charge in [-0.1, -0.05) is 17.3 Å². The molecule has 1 aliphatic carbocycles. The molecule has 0 spiro atoms. The van der Waals surface area contributed by atoms with Crippen LogP contribution in [-0.4, -0.2) is 18.2 Å². The number of rotatable bonds is 3. The first-order valence-corrected chi connectivity index (χ1v) is 7.84. The van der Waals surface area contributed by atoms with Crippen LogP contribution in [0.2, 0.25) is 0 Å². The zero-order valence-corrected chi connectivity index (χ0v) is 13.7. The Bertz CT molecular complexity index is 528. The third-order valence-electron chi connectivity index (χ3n) is 3.77. The molecule has 1 N–H and O–H groups in total. The zero-order valence-electron chi connectivity index (χ0n) is 13.7. The van der Waals surface area contributed by atoms with E-state index >= 15 is 0 Å². The Morgan fingerprint density at radius 1 is 1.19 bits per heavy atom. The van der Waals surface area contributed by atoms with Gasteiger partial charge >= 0.3 is 6.07 Å². The van der Waals surface area contributed by atoms with Crippen molar-refractivity contribution in [1.82, 2.24) is 0 Å². The SMILES string of the molecule is COc1cccc(NC2(C#[N+]C(C)(C)C)CCCCC2)c1. The molecule has 2 rings (SSSR count). The van der Waals surface area contributed by atoms with Gasteiger partial charge in [-0.2, -0.15) is 0 Å². The molecule has 0 saturated heterocycles. The number of benzene rings is 1. The third-order valence-corrected chi connectivity index (χ3v) is 3.77. The third kappa shape index (κ3) is 4.67. The van der Waals surface area contributed by atoms with Crippen LogP contribution >= 0.6 is 0 Å². The fourth-order valence-corrected chi connectivity index (χ4v) is 2.67. The maximum absolute atomic E-state index is 5.31. The average molecular weight is 287 g/mol. The number of ether oxygens (including phenoxy) is 1. The topological polar surface area (TPSA) is 25.6 Å². The van der Waals surface area contributed by atoms with Crippen LogP contribution in [-0.2, 0) is 0 Å². The molecule has 0 unspecified atom stereocenters. The lowest BCUT2D eigenvalue weighted by atomic mass is 9.82. The quantitative estimate of drug-likeness (QED) is 0.852. The minimum atomic E-state index is -0.141. The maximum atomic E-state index is 5.31. The molecule has 0 bridgehead atoms.